The number of fused-ring (bicyclic) bond motifs is 5. The number of benzene rings is 1. The first-order valence-corrected chi connectivity index (χ1v) is 10.1. The predicted octanol–water partition coefficient (Wildman–Crippen LogP) is 2.92. The molecular weight excluding hydrogens is 380 g/mol. The molecule has 146 valence electrons. The molecule has 3 aliphatic rings. The summed E-state index contributed by atoms with van der Waals surface area (Å²) in [7, 11) is 0. The van der Waals surface area contributed by atoms with Crippen LogP contribution in [0.25, 0.3) is 0 Å². The van der Waals surface area contributed by atoms with Crippen LogP contribution in [0.4, 0.5) is 0 Å². The number of amides is 1. The highest BCUT2D eigenvalue weighted by Gasteiger charge is 2.37. The Morgan fingerprint density at radius 3 is 2.68 bits per heavy atom. The van der Waals surface area contributed by atoms with Crippen molar-refractivity contribution in [1.82, 2.24) is 9.47 Å². The van der Waals surface area contributed by atoms with Crippen LogP contribution >= 0.6 is 11.6 Å². The molecule has 4 heterocycles. The van der Waals surface area contributed by atoms with Gasteiger partial charge in [-0.05, 0) is 24.5 Å². The van der Waals surface area contributed by atoms with Crippen LogP contribution in [-0.4, -0.2) is 41.7 Å². The lowest BCUT2D eigenvalue weighted by Crippen LogP contribution is -2.49. The Morgan fingerprint density at radius 1 is 1.07 bits per heavy atom. The van der Waals surface area contributed by atoms with E-state index in [1.165, 1.54) is 0 Å². The molecule has 1 saturated heterocycles. The maximum Gasteiger partial charge on any atom is 0.255 e. The molecule has 2 aromatic rings. The number of pyridine rings is 1. The van der Waals surface area contributed by atoms with E-state index in [0.29, 0.717) is 54.9 Å². The van der Waals surface area contributed by atoms with Gasteiger partial charge in [-0.15, -0.1) is 0 Å². The van der Waals surface area contributed by atoms with Crippen LogP contribution in [0, 0.1) is 5.92 Å². The fourth-order valence-electron chi connectivity index (χ4n) is 4.58. The number of piperidine rings is 1. The lowest BCUT2D eigenvalue weighted by Gasteiger charge is -2.42. The van der Waals surface area contributed by atoms with Crippen molar-refractivity contribution in [3.05, 3.63) is 57.0 Å². The number of hydrogen-bond acceptors (Lipinski definition) is 4. The summed E-state index contributed by atoms with van der Waals surface area (Å²) < 4.78 is 13.2. The van der Waals surface area contributed by atoms with Gasteiger partial charge in [0.05, 0.1) is 23.8 Å². The normalized spacial score (nSPS) is 23.0. The average Bonchev–Trinajstić information content (AvgIpc) is 2.92. The molecule has 3 aliphatic heterocycles. The molecule has 2 unspecified atom stereocenters. The molecule has 7 heteroatoms. The second kappa shape index (κ2) is 6.85. The van der Waals surface area contributed by atoms with Gasteiger partial charge in [0.15, 0.2) is 11.5 Å². The topological polar surface area (TPSA) is 60.8 Å². The van der Waals surface area contributed by atoms with E-state index in [4.69, 9.17) is 21.1 Å². The van der Waals surface area contributed by atoms with Gasteiger partial charge in [-0.2, -0.15) is 0 Å². The summed E-state index contributed by atoms with van der Waals surface area (Å²) >= 11 is 6.42. The Bertz CT molecular complexity index is 1000. The van der Waals surface area contributed by atoms with Crippen molar-refractivity contribution in [2.45, 2.75) is 25.3 Å². The molecule has 6 nitrogen and oxygen atoms in total. The molecule has 2 bridgehead atoms. The summed E-state index contributed by atoms with van der Waals surface area (Å²) in [5.74, 6) is 1.50. The van der Waals surface area contributed by atoms with Gasteiger partial charge in [-0.3, -0.25) is 9.59 Å². The largest absolute Gasteiger partial charge is 0.490 e. The number of nitrogens with zero attached hydrogens (tertiary/aromatic N) is 2. The molecule has 0 spiro atoms. The molecule has 28 heavy (non-hydrogen) atoms. The Morgan fingerprint density at radius 2 is 1.86 bits per heavy atom. The number of rotatable bonds is 1. The first kappa shape index (κ1) is 17.6. The Hall–Kier alpha value is -2.47. The SMILES string of the molecule is O=C(c1cc2c(cc1Cl)OCCCO2)N1CC2CC(C1)c1cccc(=O)n1C2. The smallest absolute Gasteiger partial charge is 0.255 e. The van der Waals surface area contributed by atoms with Crippen LogP contribution in [0.2, 0.25) is 5.02 Å². The number of ether oxygens (including phenoxy) is 2. The zero-order valence-corrected chi connectivity index (χ0v) is 16.2. The van der Waals surface area contributed by atoms with Crippen LogP contribution in [-0.2, 0) is 6.54 Å². The second-order valence-electron chi connectivity index (χ2n) is 7.74. The van der Waals surface area contributed by atoms with E-state index in [2.05, 4.69) is 0 Å². The second-order valence-corrected chi connectivity index (χ2v) is 8.14. The van der Waals surface area contributed by atoms with Crippen LogP contribution < -0.4 is 15.0 Å². The molecular formula is C21H21ClN2O4. The first-order valence-electron chi connectivity index (χ1n) is 9.68. The fraction of sp³-hybridized carbons (Fsp3) is 0.429. The molecule has 5 rings (SSSR count). The molecule has 1 aromatic heterocycles. The van der Waals surface area contributed by atoms with E-state index in [1.807, 2.05) is 15.5 Å². The summed E-state index contributed by atoms with van der Waals surface area (Å²) in [6.45, 7) is 3.00. The van der Waals surface area contributed by atoms with E-state index in [1.54, 1.807) is 24.3 Å². The van der Waals surface area contributed by atoms with Gasteiger partial charge < -0.3 is 18.9 Å². The molecule has 0 N–H and O–H groups in total. The quantitative estimate of drug-likeness (QED) is 0.738. The van der Waals surface area contributed by atoms with E-state index in [-0.39, 0.29) is 23.3 Å². The summed E-state index contributed by atoms with van der Waals surface area (Å²) in [6.07, 6.45) is 1.80. The highest BCUT2D eigenvalue weighted by atomic mass is 35.5. The number of likely N-dealkylation sites (tertiary alicyclic amines) is 1. The zero-order valence-electron chi connectivity index (χ0n) is 15.4. The lowest BCUT2D eigenvalue weighted by molar-refractivity contribution is 0.0594. The van der Waals surface area contributed by atoms with Crippen LogP contribution in [0.15, 0.2) is 35.1 Å². The molecule has 1 fully saturated rings. The first-order chi connectivity index (χ1) is 13.6. The van der Waals surface area contributed by atoms with Crippen molar-refractivity contribution >= 4 is 17.5 Å². The van der Waals surface area contributed by atoms with Gasteiger partial charge in [0.25, 0.3) is 11.5 Å². The third-order valence-corrected chi connectivity index (χ3v) is 6.15. The van der Waals surface area contributed by atoms with Gasteiger partial charge in [-0.25, -0.2) is 0 Å². The highest BCUT2D eigenvalue weighted by Crippen LogP contribution is 2.38. The number of halogens is 1. The summed E-state index contributed by atoms with van der Waals surface area (Å²) in [5.41, 5.74) is 1.50. The summed E-state index contributed by atoms with van der Waals surface area (Å²) in [5, 5.41) is 0.376. The predicted molar refractivity (Wildman–Crippen MR) is 105 cm³/mol. The molecule has 1 aromatic carbocycles. The number of carbonyl (C=O) groups is 1. The van der Waals surface area contributed by atoms with Gasteiger partial charge in [0, 0.05) is 49.8 Å². The number of carbonyl (C=O) groups excluding carboxylic acids is 1. The third kappa shape index (κ3) is 2.96. The average molecular weight is 401 g/mol. The van der Waals surface area contributed by atoms with Crippen LogP contribution in [0.5, 0.6) is 11.5 Å². The van der Waals surface area contributed by atoms with E-state index in [0.717, 1.165) is 18.5 Å². The standard InChI is InChI=1S/C21H21ClN2O4/c22-16-9-19-18(27-5-2-6-28-19)8-15(16)21(26)23-10-13-7-14(12-23)17-3-1-4-20(25)24(17)11-13/h1,3-4,8-9,13-14H,2,5-7,10-12H2. The lowest BCUT2D eigenvalue weighted by atomic mass is 9.83. The zero-order chi connectivity index (χ0) is 19.3. The minimum Gasteiger partial charge on any atom is -0.490 e. The Kier molecular flexibility index (Phi) is 4.31. The van der Waals surface area contributed by atoms with E-state index < -0.39 is 0 Å². The van der Waals surface area contributed by atoms with Crippen molar-refractivity contribution in [1.29, 1.82) is 0 Å². The van der Waals surface area contributed by atoms with Gasteiger partial charge in [0.2, 0.25) is 0 Å². The third-order valence-electron chi connectivity index (χ3n) is 5.83. The monoisotopic (exact) mass is 400 g/mol. The van der Waals surface area contributed by atoms with Gasteiger partial charge in [-0.1, -0.05) is 17.7 Å². The van der Waals surface area contributed by atoms with Crippen molar-refractivity contribution < 1.29 is 14.3 Å². The van der Waals surface area contributed by atoms with Crippen LogP contribution in [0.1, 0.15) is 34.8 Å². The summed E-state index contributed by atoms with van der Waals surface area (Å²) in [4.78, 5) is 27.3. The Balaban J connectivity index is 1.44. The minimum absolute atomic E-state index is 0.0397. The molecule has 2 atom stereocenters. The maximum absolute atomic E-state index is 13.3. The van der Waals surface area contributed by atoms with Crippen molar-refractivity contribution in [2.75, 3.05) is 26.3 Å². The number of aromatic nitrogens is 1. The maximum atomic E-state index is 13.3. The highest BCUT2D eigenvalue weighted by molar-refractivity contribution is 6.34. The number of hydrogen-bond donors (Lipinski definition) is 0. The van der Waals surface area contributed by atoms with Crippen LogP contribution in [0.3, 0.4) is 0 Å². The molecule has 0 saturated carbocycles. The van der Waals surface area contributed by atoms with Crippen molar-refractivity contribution in [3.8, 4) is 11.5 Å². The van der Waals surface area contributed by atoms with Crippen molar-refractivity contribution in [2.24, 2.45) is 5.92 Å². The van der Waals surface area contributed by atoms with E-state index >= 15 is 0 Å². The summed E-state index contributed by atoms with van der Waals surface area (Å²) in [6, 6.07) is 8.78. The fourth-order valence-corrected chi connectivity index (χ4v) is 4.81. The minimum atomic E-state index is -0.0953. The van der Waals surface area contributed by atoms with E-state index in [9.17, 15) is 9.59 Å². The Labute approximate surface area is 167 Å². The van der Waals surface area contributed by atoms with Crippen molar-refractivity contribution in [3.63, 3.8) is 0 Å². The molecule has 1 amide bonds. The molecule has 0 aliphatic carbocycles. The molecule has 0 radical (unpaired) electrons. The van der Waals surface area contributed by atoms with Gasteiger partial charge in [0.1, 0.15) is 0 Å². The van der Waals surface area contributed by atoms with Gasteiger partial charge >= 0.3 is 0 Å².